The van der Waals surface area contributed by atoms with Crippen LogP contribution in [0.15, 0.2) is 23.3 Å². The average Bonchev–Trinajstić information content (AvgIpc) is 3.64. The predicted octanol–water partition coefficient (Wildman–Crippen LogP) is -0.684. The largest absolute Gasteiger partial charge is 0.479 e. The Bertz CT molecular complexity index is 2250. The number of rotatable bonds is 13. The maximum Gasteiger partial charge on any atom is 0.335 e. The summed E-state index contributed by atoms with van der Waals surface area (Å²) >= 11 is 0. The molecule has 12 N–H and O–H groups in total. The van der Waals surface area contributed by atoms with Gasteiger partial charge in [-0.3, -0.25) is 4.79 Å². The molecule has 5 aliphatic carbocycles. The van der Waals surface area contributed by atoms with Gasteiger partial charge >= 0.3 is 17.9 Å². The molecule has 26 atom stereocenters. The Labute approximate surface area is 448 Å². The predicted molar refractivity (Wildman–Crippen MR) is 263 cm³/mol. The minimum Gasteiger partial charge on any atom is -0.479 e. The van der Waals surface area contributed by atoms with Gasteiger partial charge in [0.25, 0.3) is 0 Å². The van der Waals surface area contributed by atoms with Crippen molar-refractivity contribution >= 4 is 17.9 Å². The third kappa shape index (κ3) is 9.35. The summed E-state index contributed by atoms with van der Waals surface area (Å²) in [7, 11) is 0. The van der Waals surface area contributed by atoms with Crippen LogP contribution < -0.4 is 0 Å². The van der Waals surface area contributed by atoms with Crippen LogP contribution in [0.1, 0.15) is 108 Å². The second kappa shape index (κ2) is 21.5. The Morgan fingerprint density at radius 3 is 1.82 bits per heavy atom. The molecule has 23 heteroatoms. The summed E-state index contributed by atoms with van der Waals surface area (Å²) in [5, 5.41) is 133. The molecule has 438 valence electrons. The fourth-order valence-corrected chi connectivity index (χ4v) is 16.1. The fourth-order valence-electron chi connectivity index (χ4n) is 16.1. The van der Waals surface area contributed by atoms with Crippen LogP contribution in [0.2, 0.25) is 0 Å². The molecule has 23 nitrogen and oxygen atoms in total. The molecule has 3 aliphatic heterocycles. The Hall–Kier alpha value is -2.79. The fraction of sp³-hybridized carbons (Fsp3) is 0.870. The van der Waals surface area contributed by atoms with Crippen molar-refractivity contribution in [3.8, 4) is 0 Å². The summed E-state index contributed by atoms with van der Waals surface area (Å²) in [6, 6.07) is 0. The van der Waals surface area contributed by atoms with Crippen LogP contribution in [0, 0.1) is 50.2 Å². The van der Waals surface area contributed by atoms with Crippen LogP contribution >= 0.6 is 0 Å². The van der Waals surface area contributed by atoms with E-state index in [1.165, 1.54) is 6.92 Å². The highest BCUT2D eigenvalue weighted by atomic mass is 16.8. The second-order valence-corrected chi connectivity index (χ2v) is 25.2. The van der Waals surface area contributed by atoms with Gasteiger partial charge in [0.1, 0.15) is 67.1 Å². The zero-order chi connectivity index (χ0) is 57.0. The topological polar surface area (TPSA) is 368 Å². The summed E-state index contributed by atoms with van der Waals surface area (Å²) in [4.78, 5) is 39.3. The third-order valence-corrected chi connectivity index (χ3v) is 20.7. The zero-order valence-electron chi connectivity index (χ0n) is 45.6. The lowest BCUT2D eigenvalue weighted by Crippen LogP contribution is -2.76. The molecule has 3 heterocycles. The standard InChI is InChI=1S/C54H84O23/c1-11-22(2)45(69)77-42-43(70-23(3)58)54(21-57)25(18-49(42,4)5)24-12-13-29-51(8)16-15-30(50(6,7)28(51)14-17-52(29,9)53(24,10)40(65)41(54)66)73-48-39(76-47-35(63)33(61)31(59)26(19-55)71-47)37(36(64)38(75-48)44(67)68)74-46-34(62)32(60)27(20-56)72-46/h11-12,25-43,46-48,55-57,59-66H,13-21H2,1-10H3,(H,67,68)/b22-11-/t25?,26-,27+,28+,29-,30+,31+,32+,33+,34-,35-,36+,37+,38+,39-,40+,41-,42+,43+,46+,47?,48-,51+,52-,53+,54+/m1/s1. The molecule has 2 unspecified atom stereocenters. The van der Waals surface area contributed by atoms with Gasteiger partial charge in [0.2, 0.25) is 0 Å². The first-order valence-electron chi connectivity index (χ1n) is 27.0. The van der Waals surface area contributed by atoms with Crippen molar-refractivity contribution in [1.82, 2.24) is 0 Å². The van der Waals surface area contributed by atoms with Gasteiger partial charge in [-0.2, -0.15) is 0 Å². The van der Waals surface area contributed by atoms with E-state index in [1.807, 2.05) is 34.6 Å². The first-order valence-corrected chi connectivity index (χ1v) is 27.0. The van der Waals surface area contributed by atoms with Crippen molar-refractivity contribution in [2.45, 2.75) is 224 Å². The molecule has 8 rings (SSSR count). The van der Waals surface area contributed by atoms with Gasteiger partial charge in [0, 0.05) is 23.3 Å². The quantitative estimate of drug-likeness (QED) is 0.0470. The molecule has 0 amide bonds. The Morgan fingerprint density at radius 2 is 1.26 bits per heavy atom. The lowest BCUT2D eigenvalue weighted by atomic mass is 9.32. The van der Waals surface area contributed by atoms with E-state index in [2.05, 4.69) is 19.9 Å². The van der Waals surface area contributed by atoms with Crippen molar-refractivity contribution in [3.05, 3.63) is 23.3 Å². The van der Waals surface area contributed by atoms with Crippen LogP contribution in [0.4, 0.5) is 0 Å². The van der Waals surface area contributed by atoms with Crippen LogP contribution in [0.25, 0.3) is 0 Å². The smallest absolute Gasteiger partial charge is 0.335 e. The maximum absolute atomic E-state index is 13.4. The molecular formula is C54H84O23. The molecule has 0 aromatic rings. The van der Waals surface area contributed by atoms with Crippen molar-refractivity contribution in [3.63, 3.8) is 0 Å². The summed E-state index contributed by atoms with van der Waals surface area (Å²) in [5.74, 6) is -3.94. The third-order valence-electron chi connectivity index (χ3n) is 20.7. The minimum absolute atomic E-state index is 0.141. The van der Waals surface area contributed by atoms with E-state index in [-0.39, 0.29) is 11.8 Å². The highest BCUT2D eigenvalue weighted by molar-refractivity contribution is 5.87. The van der Waals surface area contributed by atoms with E-state index in [1.54, 1.807) is 19.9 Å². The van der Waals surface area contributed by atoms with Gasteiger partial charge in [0.15, 0.2) is 31.1 Å². The second-order valence-electron chi connectivity index (χ2n) is 25.2. The lowest BCUT2D eigenvalue weighted by Gasteiger charge is -2.73. The highest BCUT2D eigenvalue weighted by Crippen LogP contribution is 2.76. The van der Waals surface area contributed by atoms with Crippen LogP contribution in [0.5, 0.6) is 0 Å². The molecule has 7 fully saturated rings. The normalized spacial score (nSPS) is 50.2. The van der Waals surface area contributed by atoms with Gasteiger partial charge in [-0.1, -0.05) is 66.2 Å². The molecule has 3 saturated heterocycles. The molecule has 0 spiro atoms. The molecule has 0 aromatic carbocycles. The number of carboxylic acids is 1. The number of aliphatic hydroxyl groups excluding tert-OH is 11. The van der Waals surface area contributed by atoms with Gasteiger partial charge in [-0.25, -0.2) is 9.59 Å². The monoisotopic (exact) mass is 1100 g/mol. The van der Waals surface area contributed by atoms with Crippen molar-refractivity contribution in [2.24, 2.45) is 50.2 Å². The van der Waals surface area contributed by atoms with Gasteiger partial charge in [-0.15, -0.1) is 0 Å². The van der Waals surface area contributed by atoms with E-state index in [9.17, 15) is 75.7 Å². The summed E-state index contributed by atoms with van der Waals surface area (Å²) < 4.78 is 48.6. The van der Waals surface area contributed by atoms with E-state index in [4.69, 9.17) is 37.9 Å². The van der Waals surface area contributed by atoms with Crippen LogP contribution in [-0.4, -0.2) is 216 Å². The number of aliphatic hydroxyl groups is 11. The van der Waals surface area contributed by atoms with Crippen molar-refractivity contribution in [1.29, 1.82) is 0 Å². The Morgan fingerprint density at radius 1 is 0.675 bits per heavy atom. The molecular weight excluding hydrogens is 1020 g/mol. The number of ether oxygens (including phenoxy) is 8. The van der Waals surface area contributed by atoms with Gasteiger partial charge in [-0.05, 0) is 86.4 Å². The summed E-state index contributed by atoms with van der Waals surface area (Å²) in [6.07, 6.45) is -25.3. The highest BCUT2D eigenvalue weighted by Gasteiger charge is 2.76. The number of carbonyl (C=O) groups is 3. The van der Waals surface area contributed by atoms with E-state index >= 15 is 0 Å². The minimum atomic E-state index is -2.12. The van der Waals surface area contributed by atoms with Crippen LogP contribution in [0.3, 0.4) is 0 Å². The first kappa shape index (κ1) is 60.3. The summed E-state index contributed by atoms with van der Waals surface area (Å²) in [5.41, 5.74) is -4.51. The first-order chi connectivity index (χ1) is 35.9. The molecule has 0 radical (unpaired) electrons. The molecule has 8 aliphatic rings. The number of hydrogen-bond donors (Lipinski definition) is 12. The molecule has 77 heavy (non-hydrogen) atoms. The summed E-state index contributed by atoms with van der Waals surface area (Å²) in [6.45, 7) is 16.3. The van der Waals surface area contributed by atoms with Crippen molar-refractivity contribution < 1.29 is 114 Å². The average molecular weight is 1100 g/mol. The zero-order valence-corrected chi connectivity index (χ0v) is 45.6. The maximum atomic E-state index is 13.4. The number of carboxylic acid groups (broad SMARTS) is 1. The number of aliphatic carboxylic acids is 1. The lowest BCUT2D eigenvalue weighted by molar-refractivity contribution is -0.386. The number of hydrogen-bond acceptors (Lipinski definition) is 22. The van der Waals surface area contributed by atoms with Gasteiger partial charge < -0.3 is 99.2 Å². The Balaban J connectivity index is 1.13. The van der Waals surface area contributed by atoms with E-state index in [0.717, 1.165) is 5.57 Å². The number of allylic oxidation sites excluding steroid dienone is 2. The Kier molecular flexibility index (Phi) is 16.8. The van der Waals surface area contributed by atoms with E-state index in [0.29, 0.717) is 44.1 Å². The van der Waals surface area contributed by atoms with Gasteiger partial charge in [0.05, 0.1) is 43.5 Å². The van der Waals surface area contributed by atoms with Crippen LogP contribution in [-0.2, 0) is 52.3 Å². The molecule has 0 aromatic heterocycles. The number of carbonyl (C=O) groups excluding carboxylic acids is 2. The number of fused-ring (bicyclic) bond motifs is 7. The van der Waals surface area contributed by atoms with Crippen molar-refractivity contribution in [2.75, 3.05) is 19.8 Å². The molecule has 4 saturated carbocycles. The number of esters is 2. The SMILES string of the molecule is C/C=C(/C)C(=O)O[C@H]1[C@H](OC(C)=O)[C@@]2(CO)C(CC1(C)C)C1=CC[C@@H]3[C@@]4(C)CC[C@H](O[C@@H]5O[C@H](C(=O)O)[C@@H](O)[C@H](O[C@@H]6O[C@@H](CO)[C@H](O)[C@H]6O)[C@H]5OC5O[C@H](CO)[C@H](O)[C@H](O)[C@H]5O)C(C)(C)[C@@H]4CC[C@@]3(C)[C@]1(C)[C@@H](O)[C@H]2O. The molecule has 0 bridgehead atoms. The van der Waals surface area contributed by atoms with E-state index < -0.39 is 193 Å².